The van der Waals surface area contributed by atoms with E-state index in [1.807, 2.05) is 31.2 Å². The molecule has 0 aromatic heterocycles. The summed E-state index contributed by atoms with van der Waals surface area (Å²) in [6, 6.07) is 19.0. The number of rotatable bonds is 9. The maximum absolute atomic E-state index is 13.7. The van der Waals surface area contributed by atoms with Crippen LogP contribution < -0.4 is 9.62 Å². The van der Waals surface area contributed by atoms with Crippen LogP contribution in [-0.4, -0.2) is 44.8 Å². The molecule has 0 unspecified atom stereocenters. The van der Waals surface area contributed by atoms with Crippen molar-refractivity contribution in [3.05, 3.63) is 94.0 Å². The van der Waals surface area contributed by atoms with Crippen molar-refractivity contribution in [1.82, 2.24) is 10.2 Å². The molecule has 190 valence electrons. The fourth-order valence-electron chi connectivity index (χ4n) is 3.60. The molecule has 0 aliphatic carbocycles. The Morgan fingerprint density at radius 1 is 0.944 bits per heavy atom. The highest BCUT2D eigenvalue weighted by Gasteiger charge is 2.33. The Hall–Kier alpha value is -3.07. The number of hydrogen-bond donors (Lipinski definition) is 1. The summed E-state index contributed by atoms with van der Waals surface area (Å²) >= 11 is 12.6. The van der Waals surface area contributed by atoms with Crippen LogP contribution in [0.4, 0.5) is 5.69 Å². The summed E-state index contributed by atoms with van der Waals surface area (Å²) in [4.78, 5) is 27.5. The van der Waals surface area contributed by atoms with Crippen LogP contribution in [0.5, 0.6) is 0 Å². The van der Waals surface area contributed by atoms with E-state index in [4.69, 9.17) is 23.2 Å². The number of halogens is 2. The average molecular weight is 548 g/mol. The van der Waals surface area contributed by atoms with Crippen molar-refractivity contribution in [1.29, 1.82) is 0 Å². The molecule has 0 radical (unpaired) electrons. The number of nitrogens with one attached hydrogen (secondary N) is 1. The fourth-order valence-corrected chi connectivity index (χ4v) is 5.49. The van der Waals surface area contributed by atoms with Gasteiger partial charge in [0.05, 0.1) is 20.6 Å². The number of amides is 2. The van der Waals surface area contributed by atoms with Gasteiger partial charge in [0.15, 0.2) is 0 Å². The van der Waals surface area contributed by atoms with Gasteiger partial charge in [0.1, 0.15) is 12.6 Å². The molecular weight excluding hydrogens is 521 g/mol. The van der Waals surface area contributed by atoms with Gasteiger partial charge in [0.25, 0.3) is 10.0 Å². The molecule has 0 aliphatic rings. The topological polar surface area (TPSA) is 86.8 Å². The van der Waals surface area contributed by atoms with Crippen molar-refractivity contribution in [2.45, 2.75) is 31.3 Å². The zero-order valence-electron chi connectivity index (χ0n) is 20.1. The molecule has 0 spiro atoms. The molecule has 7 nitrogen and oxygen atoms in total. The molecule has 0 saturated carbocycles. The Morgan fingerprint density at radius 2 is 1.58 bits per heavy atom. The van der Waals surface area contributed by atoms with Crippen LogP contribution in [0.3, 0.4) is 0 Å². The van der Waals surface area contributed by atoms with Crippen LogP contribution in [0.1, 0.15) is 18.1 Å². The second kappa shape index (κ2) is 11.8. The van der Waals surface area contributed by atoms with Gasteiger partial charge < -0.3 is 10.2 Å². The maximum Gasteiger partial charge on any atom is 0.264 e. The fraction of sp³-hybridized carbons (Fsp3) is 0.231. The van der Waals surface area contributed by atoms with E-state index in [9.17, 15) is 18.0 Å². The largest absolute Gasteiger partial charge is 0.357 e. The molecule has 2 amide bonds. The highest BCUT2D eigenvalue weighted by molar-refractivity contribution is 7.92. The molecule has 36 heavy (non-hydrogen) atoms. The van der Waals surface area contributed by atoms with E-state index in [2.05, 4.69) is 5.32 Å². The summed E-state index contributed by atoms with van der Waals surface area (Å²) in [5.41, 5.74) is 1.90. The normalized spacial score (nSPS) is 12.0. The van der Waals surface area contributed by atoms with E-state index in [0.717, 1.165) is 15.4 Å². The number of anilines is 1. The minimum Gasteiger partial charge on any atom is -0.357 e. The smallest absolute Gasteiger partial charge is 0.264 e. The van der Waals surface area contributed by atoms with Crippen molar-refractivity contribution in [3.8, 4) is 0 Å². The number of likely N-dealkylation sites (N-methyl/N-ethyl adjacent to an activating group) is 1. The van der Waals surface area contributed by atoms with E-state index in [1.165, 1.54) is 36.2 Å². The summed E-state index contributed by atoms with van der Waals surface area (Å²) in [5.74, 6) is -0.962. The number of nitrogens with zero attached hydrogens (tertiary/aromatic N) is 2. The highest BCUT2D eigenvalue weighted by Crippen LogP contribution is 2.35. The average Bonchev–Trinajstić information content (AvgIpc) is 2.88. The molecule has 1 N–H and O–H groups in total. The first-order chi connectivity index (χ1) is 17.1. The quantitative estimate of drug-likeness (QED) is 0.422. The predicted octanol–water partition coefficient (Wildman–Crippen LogP) is 4.66. The molecule has 0 aliphatic heterocycles. The molecule has 10 heteroatoms. The van der Waals surface area contributed by atoms with Gasteiger partial charge in [0.2, 0.25) is 11.8 Å². The van der Waals surface area contributed by atoms with Gasteiger partial charge in [-0.3, -0.25) is 13.9 Å². The van der Waals surface area contributed by atoms with E-state index < -0.39 is 28.5 Å². The lowest BCUT2D eigenvalue weighted by Crippen LogP contribution is -2.50. The molecule has 3 aromatic carbocycles. The van der Waals surface area contributed by atoms with Crippen LogP contribution in [0, 0.1) is 6.92 Å². The van der Waals surface area contributed by atoms with Gasteiger partial charge in [-0.1, -0.05) is 77.3 Å². The summed E-state index contributed by atoms with van der Waals surface area (Å²) in [6.45, 7) is 3.05. The maximum atomic E-state index is 13.7. The van der Waals surface area contributed by atoms with Crippen LogP contribution in [-0.2, 0) is 26.2 Å². The van der Waals surface area contributed by atoms with Crippen molar-refractivity contribution in [2.24, 2.45) is 0 Å². The first kappa shape index (κ1) is 27.5. The molecule has 3 aromatic rings. The Kier molecular flexibility index (Phi) is 9.00. The van der Waals surface area contributed by atoms with Crippen molar-refractivity contribution >= 4 is 50.7 Å². The van der Waals surface area contributed by atoms with Crippen molar-refractivity contribution in [2.75, 3.05) is 17.9 Å². The van der Waals surface area contributed by atoms with Gasteiger partial charge in [-0.05, 0) is 43.7 Å². The van der Waals surface area contributed by atoms with Crippen molar-refractivity contribution in [3.63, 3.8) is 0 Å². The summed E-state index contributed by atoms with van der Waals surface area (Å²) < 4.78 is 28.3. The van der Waals surface area contributed by atoms with Crippen LogP contribution >= 0.6 is 23.2 Å². The molecule has 0 bridgehead atoms. The lowest BCUT2D eigenvalue weighted by Gasteiger charge is -2.32. The zero-order valence-corrected chi connectivity index (χ0v) is 22.4. The first-order valence-electron chi connectivity index (χ1n) is 11.1. The van der Waals surface area contributed by atoms with Gasteiger partial charge in [0, 0.05) is 13.6 Å². The highest BCUT2D eigenvalue weighted by atomic mass is 35.5. The summed E-state index contributed by atoms with van der Waals surface area (Å²) in [5, 5.41) is 2.69. The third-order valence-corrected chi connectivity index (χ3v) is 8.28. The zero-order chi connectivity index (χ0) is 26.5. The molecule has 0 fully saturated rings. The van der Waals surface area contributed by atoms with Gasteiger partial charge in [-0.2, -0.15) is 0 Å². The lowest BCUT2D eigenvalue weighted by atomic mass is 10.1. The van der Waals surface area contributed by atoms with Crippen molar-refractivity contribution < 1.29 is 18.0 Å². The third-order valence-electron chi connectivity index (χ3n) is 5.70. The standard InChI is InChI=1S/C26H27Cl2N3O4S/c1-18-12-14-20(15-13-18)16-30(19(2)26(33)29-3)24(32)17-31(23-11-7-10-22(27)25(23)28)36(34,35)21-8-5-4-6-9-21/h4-15,19H,16-17H2,1-3H3,(H,29,33)/t19-/m0/s1. The van der Waals surface area contributed by atoms with Crippen LogP contribution in [0.15, 0.2) is 77.7 Å². The third kappa shape index (κ3) is 6.19. The summed E-state index contributed by atoms with van der Waals surface area (Å²) in [7, 11) is -2.73. The van der Waals surface area contributed by atoms with E-state index in [0.29, 0.717) is 0 Å². The Morgan fingerprint density at radius 3 is 2.19 bits per heavy atom. The number of sulfonamides is 1. The minimum atomic E-state index is -4.21. The van der Waals surface area contributed by atoms with E-state index in [1.54, 1.807) is 31.2 Å². The van der Waals surface area contributed by atoms with Crippen LogP contribution in [0.25, 0.3) is 0 Å². The number of benzene rings is 3. The van der Waals surface area contributed by atoms with Gasteiger partial charge >= 0.3 is 0 Å². The first-order valence-corrected chi connectivity index (χ1v) is 13.3. The molecule has 1 atom stereocenters. The Balaban J connectivity index is 2.06. The van der Waals surface area contributed by atoms with E-state index >= 15 is 0 Å². The second-order valence-electron chi connectivity index (χ2n) is 8.20. The SMILES string of the molecule is CNC(=O)[C@H](C)N(Cc1ccc(C)cc1)C(=O)CN(c1cccc(Cl)c1Cl)S(=O)(=O)c1ccccc1. The van der Waals surface area contributed by atoms with Gasteiger partial charge in [-0.25, -0.2) is 8.42 Å². The predicted molar refractivity (Wildman–Crippen MR) is 143 cm³/mol. The van der Waals surface area contributed by atoms with Gasteiger partial charge in [-0.15, -0.1) is 0 Å². The number of carbonyl (C=O) groups excluding carboxylic acids is 2. The Bertz CT molecular complexity index is 1330. The lowest BCUT2D eigenvalue weighted by molar-refractivity contribution is -0.139. The number of aryl methyl sites for hydroxylation is 1. The summed E-state index contributed by atoms with van der Waals surface area (Å²) in [6.07, 6.45) is 0. The minimum absolute atomic E-state index is 0.00379. The molecule has 0 heterocycles. The number of hydrogen-bond acceptors (Lipinski definition) is 4. The second-order valence-corrected chi connectivity index (χ2v) is 10.8. The Labute approximate surface area is 221 Å². The molecule has 3 rings (SSSR count). The molecular formula is C26H27Cl2N3O4S. The monoisotopic (exact) mass is 547 g/mol. The van der Waals surface area contributed by atoms with Crippen LogP contribution in [0.2, 0.25) is 10.0 Å². The molecule has 0 saturated heterocycles. The van der Waals surface area contributed by atoms with E-state index in [-0.39, 0.29) is 33.1 Å². The number of carbonyl (C=O) groups is 2.